The van der Waals surface area contributed by atoms with E-state index in [0.29, 0.717) is 0 Å². The van der Waals surface area contributed by atoms with Crippen molar-refractivity contribution < 1.29 is 4.74 Å². The molecule has 92 valence electrons. The predicted octanol–water partition coefficient (Wildman–Crippen LogP) is 1.98. The van der Waals surface area contributed by atoms with Crippen molar-refractivity contribution in [3.05, 3.63) is 18.0 Å². The highest BCUT2D eigenvalue weighted by Crippen LogP contribution is 2.27. The van der Waals surface area contributed by atoms with E-state index < -0.39 is 0 Å². The Hall–Kier alpha value is -0.870. The molecule has 0 aliphatic heterocycles. The van der Waals surface area contributed by atoms with Gasteiger partial charge in [-0.25, -0.2) is 0 Å². The minimum Gasteiger partial charge on any atom is -0.377 e. The molecule has 0 spiro atoms. The minimum atomic E-state index is -0.238. The second-order valence-corrected chi connectivity index (χ2v) is 4.43. The molecule has 1 N–H and O–H groups in total. The second-order valence-electron chi connectivity index (χ2n) is 4.43. The maximum Gasteiger partial charge on any atom is 0.0817 e. The molecule has 1 atom stereocenters. The lowest BCUT2D eigenvalue weighted by Gasteiger charge is -2.33. The van der Waals surface area contributed by atoms with Crippen LogP contribution in [-0.2, 0) is 11.3 Å². The van der Waals surface area contributed by atoms with E-state index in [4.69, 9.17) is 4.74 Å². The fourth-order valence-corrected chi connectivity index (χ4v) is 1.79. The third-order valence-electron chi connectivity index (χ3n) is 2.94. The third kappa shape index (κ3) is 2.83. The molecule has 1 unspecified atom stereocenters. The lowest BCUT2D eigenvalue weighted by molar-refractivity contribution is -0.0107. The average molecular weight is 225 g/mol. The molecule has 1 rings (SSSR count). The van der Waals surface area contributed by atoms with Crippen molar-refractivity contribution in [2.45, 2.75) is 45.9 Å². The van der Waals surface area contributed by atoms with Crippen molar-refractivity contribution in [1.82, 2.24) is 15.1 Å². The standard InChI is InChI=1S/C12H23N3O/c1-6-13-11(12(3,4)16-5)10-8-14-15(7-2)9-10/h8-9,11,13H,6-7H2,1-5H3. The van der Waals surface area contributed by atoms with Crippen LogP contribution in [0.15, 0.2) is 12.4 Å². The zero-order valence-corrected chi connectivity index (χ0v) is 10.9. The van der Waals surface area contributed by atoms with Crippen LogP contribution < -0.4 is 5.32 Å². The molecule has 4 nitrogen and oxygen atoms in total. The van der Waals surface area contributed by atoms with Gasteiger partial charge in [-0.1, -0.05) is 6.92 Å². The molecule has 0 saturated heterocycles. The SMILES string of the molecule is CCNC(c1cnn(CC)c1)C(C)(C)OC. The van der Waals surface area contributed by atoms with E-state index in [9.17, 15) is 0 Å². The Morgan fingerprint density at radius 2 is 2.19 bits per heavy atom. The summed E-state index contributed by atoms with van der Waals surface area (Å²) in [6.07, 6.45) is 3.99. The highest BCUT2D eigenvalue weighted by atomic mass is 16.5. The van der Waals surface area contributed by atoms with E-state index in [1.807, 2.05) is 10.9 Å². The van der Waals surface area contributed by atoms with Crippen molar-refractivity contribution in [1.29, 1.82) is 0 Å². The monoisotopic (exact) mass is 225 g/mol. The number of rotatable bonds is 6. The predicted molar refractivity (Wildman–Crippen MR) is 65.4 cm³/mol. The average Bonchev–Trinajstić information content (AvgIpc) is 2.73. The Kier molecular flexibility index (Phi) is 4.50. The molecule has 4 heteroatoms. The van der Waals surface area contributed by atoms with Gasteiger partial charge in [-0.05, 0) is 27.3 Å². The van der Waals surface area contributed by atoms with Gasteiger partial charge in [0.25, 0.3) is 0 Å². The zero-order valence-electron chi connectivity index (χ0n) is 10.9. The fraction of sp³-hybridized carbons (Fsp3) is 0.750. The van der Waals surface area contributed by atoms with Crippen LogP contribution in [0, 0.1) is 0 Å². The number of aryl methyl sites for hydroxylation is 1. The quantitative estimate of drug-likeness (QED) is 0.804. The number of nitrogens with one attached hydrogen (secondary N) is 1. The molecule has 0 aliphatic carbocycles. The summed E-state index contributed by atoms with van der Waals surface area (Å²) in [6, 6.07) is 0.169. The van der Waals surface area contributed by atoms with Gasteiger partial charge < -0.3 is 10.1 Å². The van der Waals surface area contributed by atoms with E-state index >= 15 is 0 Å². The number of ether oxygens (including phenoxy) is 1. The molecule has 0 amide bonds. The van der Waals surface area contributed by atoms with Crippen LogP contribution in [0.5, 0.6) is 0 Å². The van der Waals surface area contributed by atoms with Gasteiger partial charge >= 0.3 is 0 Å². The summed E-state index contributed by atoms with van der Waals surface area (Å²) in [4.78, 5) is 0. The molecular formula is C12H23N3O. The molecule has 0 bridgehead atoms. The van der Waals surface area contributed by atoms with Crippen molar-refractivity contribution in [2.75, 3.05) is 13.7 Å². The molecule has 0 radical (unpaired) electrons. The Morgan fingerprint density at radius 3 is 2.62 bits per heavy atom. The molecule has 1 aromatic heterocycles. The van der Waals surface area contributed by atoms with Gasteiger partial charge in [0.15, 0.2) is 0 Å². The van der Waals surface area contributed by atoms with Gasteiger partial charge in [-0.15, -0.1) is 0 Å². The zero-order chi connectivity index (χ0) is 12.2. The van der Waals surface area contributed by atoms with Crippen LogP contribution >= 0.6 is 0 Å². The molecule has 0 aliphatic rings. The number of hydrogen-bond donors (Lipinski definition) is 1. The topological polar surface area (TPSA) is 39.1 Å². The fourth-order valence-electron chi connectivity index (χ4n) is 1.79. The van der Waals surface area contributed by atoms with Gasteiger partial charge in [0, 0.05) is 25.4 Å². The number of methoxy groups -OCH3 is 1. The van der Waals surface area contributed by atoms with E-state index in [0.717, 1.165) is 13.1 Å². The van der Waals surface area contributed by atoms with Crippen molar-refractivity contribution >= 4 is 0 Å². The van der Waals surface area contributed by atoms with Crippen LogP contribution in [0.1, 0.15) is 39.3 Å². The van der Waals surface area contributed by atoms with Gasteiger partial charge in [0.05, 0.1) is 17.8 Å². The van der Waals surface area contributed by atoms with Crippen molar-refractivity contribution in [3.8, 4) is 0 Å². The van der Waals surface area contributed by atoms with Gasteiger partial charge in [0.1, 0.15) is 0 Å². The number of aromatic nitrogens is 2. The second kappa shape index (κ2) is 5.46. The molecule has 0 aromatic carbocycles. The minimum absolute atomic E-state index is 0.169. The van der Waals surface area contributed by atoms with Crippen LogP contribution in [0.4, 0.5) is 0 Å². The molecule has 0 fully saturated rings. The number of hydrogen-bond acceptors (Lipinski definition) is 3. The van der Waals surface area contributed by atoms with Crippen molar-refractivity contribution in [3.63, 3.8) is 0 Å². The maximum absolute atomic E-state index is 5.55. The summed E-state index contributed by atoms with van der Waals surface area (Å²) in [5.74, 6) is 0. The Bertz CT molecular complexity index is 320. The van der Waals surface area contributed by atoms with Gasteiger partial charge in [-0.3, -0.25) is 4.68 Å². The summed E-state index contributed by atoms with van der Waals surface area (Å²) < 4.78 is 7.49. The summed E-state index contributed by atoms with van der Waals surface area (Å²) in [7, 11) is 1.74. The summed E-state index contributed by atoms with van der Waals surface area (Å²) in [5, 5.41) is 7.76. The lowest BCUT2D eigenvalue weighted by atomic mass is 9.93. The lowest BCUT2D eigenvalue weighted by Crippen LogP contribution is -2.40. The van der Waals surface area contributed by atoms with E-state index in [1.165, 1.54) is 5.56 Å². The first kappa shape index (κ1) is 13.2. The van der Waals surface area contributed by atoms with Crippen LogP contribution in [0.2, 0.25) is 0 Å². The largest absolute Gasteiger partial charge is 0.377 e. The first-order chi connectivity index (χ1) is 7.55. The maximum atomic E-state index is 5.55. The molecular weight excluding hydrogens is 202 g/mol. The Morgan fingerprint density at radius 1 is 1.50 bits per heavy atom. The van der Waals surface area contributed by atoms with Gasteiger partial charge in [0.2, 0.25) is 0 Å². The number of likely N-dealkylation sites (N-methyl/N-ethyl adjacent to an activating group) is 1. The summed E-state index contributed by atoms with van der Waals surface area (Å²) in [6.45, 7) is 10.2. The van der Waals surface area contributed by atoms with E-state index in [1.54, 1.807) is 7.11 Å². The highest BCUT2D eigenvalue weighted by molar-refractivity contribution is 5.15. The van der Waals surface area contributed by atoms with E-state index in [-0.39, 0.29) is 11.6 Å². The Labute approximate surface area is 98.0 Å². The van der Waals surface area contributed by atoms with Crippen LogP contribution in [-0.4, -0.2) is 29.0 Å². The number of nitrogens with zero attached hydrogens (tertiary/aromatic N) is 2. The normalized spacial score (nSPS) is 14.1. The van der Waals surface area contributed by atoms with Crippen molar-refractivity contribution in [2.24, 2.45) is 0 Å². The van der Waals surface area contributed by atoms with Gasteiger partial charge in [-0.2, -0.15) is 5.10 Å². The van der Waals surface area contributed by atoms with E-state index in [2.05, 4.69) is 44.3 Å². The van der Waals surface area contributed by atoms with Crippen LogP contribution in [0.3, 0.4) is 0 Å². The highest BCUT2D eigenvalue weighted by Gasteiger charge is 2.30. The molecule has 1 heterocycles. The van der Waals surface area contributed by atoms with Crippen LogP contribution in [0.25, 0.3) is 0 Å². The third-order valence-corrected chi connectivity index (χ3v) is 2.94. The summed E-state index contributed by atoms with van der Waals surface area (Å²) in [5.41, 5.74) is 0.938. The molecule has 0 saturated carbocycles. The Balaban J connectivity index is 2.92. The first-order valence-corrected chi connectivity index (χ1v) is 5.86. The molecule has 1 aromatic rings. The molecule has 16 heavy (non-hydrogen) atoms. The smallest absolute Gasteiger partial charge is 0.0817 e. The summed E-state index contributed by atoms with van der Waals surface area (Å²) >= 11 is 0. The first-order valence-electron chi connectivity index (χ1n) is 5.86.